The third-order valence-corrected chi connectivity index (χ3v) is 5.35. The topological polar surface area (TPSA) is 36.9 Å². The highest BCUT2D eigenvalue weighted by atomic mass is 16.7. The first kappa shape index (κ1) is 23.9. The Hall–Kier alpha value is -0.160. The lowest BCUT2D eigenvalue weighted by molar-refractivity contribution is -0.180. The Morgan fingerprint density at radius 1 is 0.846 bits per heavy atom. The van der Waals surface area contributed by atoms with E-state index in [0.29, 0.717) is 26.4 Å². The fraction of sp³-hybridized carbons (Fsp3) is 1.00. The summed E-state index contributed by atoms with van der Waals surface area (Å²) in [5, 5.41) is 0. The number of hydrogen-bond acceptors (Lipinski definition) is 4. The van der Waals surface area contributed by atoms with Crippen molar-refractivity contribution in [1.82, 2.24) is 0 Å². The monoisotopic (exact) mass is 372 g/mol. The third kappa shape index (κ3) is 10.9. The molecule has 1 saturated heterocycles. The van der Waals surface area contributed by atoms with Gasteiger partial charge in [0.15, 0.2) is 5.79 Å². The smallest absolute Gasteiger partial charge is 0.168 e. The summed E-state index contributed by atoms with van der Waals surface area (Å²) < 4.78 is 22.8. The Morgan fingerprint density at radius 2 is 1.46 bits per heavy atom. The van der Waals surface area contributed by atoms with Crippen LogP contribution >= 0.6 is 0 Å². The molecule has 26 heavy (non-hydrogen) atoms. The quantitative estimate of drug-likeness (QED) is 0.282. The molecule has 1 heterocycles. The Balaban J connectivity index is 1.99. The SMILES string of the molecule is CCCCCCCCCCCCCC1(CC)OCC(COCCOC)O1. The van der Waals surface area contributed by atoms with Crippen molar-refractivity contribution in [3.05, 3.63) is 0 Å². The molecule has 2 unspecified atom stereocenters. The molecule has 1 fully saturated rings. The van der Waals surface area contributed by atoms with Crippen molar-refractivity contribution in [2.24, 2.45) is 0 Å². The summed E-state index contributed by atoms with van der Waals surface area (Å²) in [4.78, 5) is 0. The van der Waals surface area contributed by atoms with Gasteiger partial charge < -0.3 is 18.9 Å². The van der Waals surface area contributed by atoms with Gasteiger partial charge in [-0.1, -0.05) is 78.1 Å². The van der Waals surface area contributed by atoms with Crippen molar-refractivity contribution in [1.29, 1.82) is 0 Å². The van der Waals surface area contributed by atoms with E-state index in [4.69, 9.17) is 18.9 Å². The molecule has 0 aromatic heterocycles. The summed E-state index contributed by atoms with van der Waals surface area (Å²) in [6.45, 7) is 6.94. The van der Waals surface area contributed by atoms with Crippen LogP contribution in [-0.4, -0.2) is 45.4 Å². The van der Waals surface area contributed by atoms with Crippen LogP contribution in [0.25, 0.3) is 0 Å². The first-order valence-corrected chi connectivity index (χ1v) is 11.1. The highest BCUT2D eigenvalue weighted by molar-refractivity contribution is 4.78. The van der Waals surface area contributed by atoms with Crippen LogP contribution in [0.3, 0.4) is 0 Å². The molecule has 1 aliphatic rings. The van der Waals surface area contributed by atoms with Crippen LogP contribution < -0.4 is 0 Å². The van der Waals surface area contributed by atoms with E-state index in [1.165, 1.54) is 70.6 Å². The summed E-state index contributed by atoms with van der Waals surface area (Å²) in [5.74, 6) is -0.367. The van der Waals surface area contributed by atoms with Crippen molar-refractivity contribution in [2.45, 2.75) is 109 Å². The maximum Gasteiger partial charge on any atom is 0.168 e. The van der Waals surface area contributed by atoms with Crippen LogP contribution in [0.1, 0.15) is 97.3 Å². The van der Waals surface area contributed by atoms with Gasteiger partial charge in [0.1, 0.15) is 6.10 Å². The van der Waals surface area contributed by atoms with Gasteiger partial charge in [0.05, 0.1) is 26.4 Å². The zero-order valence-electron chi connectivity index (χ0n) is 17.7. The van der Waals surface area contributed by atoms with Crippen LogP contribution in [0.15, 0.2) is 0 Å². The second-order valence-electron chi connectivity index (χ2n) is 7.67. The summed E-state index contributed by atoms with van der Waals surface area (Å²) in [6.07, 6.45) is 17.0. The molecule has 0 aliphatic carbocycles. The minimum atomic E-state index is -0.367. The van der Waals surface area contributed by atoms with E-state index in [9.17, 15) is 0 Å². The van der Waals surface area contributed by atoms with Gasteiger partial charge in [-0.2, -0.15) is 0 Å². The number of ether oxygens (including phenoxy) is 4. The van der Waals surface area contributed by atoms with Gasteiger partial charge in [0.2, 0.25) is 0 Å². The minimum absolute atomic E-state index is 0.0690. The number of hydrogen-bond donors (Lipinski definition) is 0. The van der Waals surface area contributed by atoms with E-state index >= 15 is 0 Å². The van der Waals surface area contributed by atoms with Gasteiger partial charge in [-0.05, 0) is 12.8 Å². The third-order valence-electron chi connectivity index (χ3n) is 5.35. The van der Waals surface area contributed by atoms with Crippen LogP contribution in [0.4, 0.5) is 0 Å². The fourth-order valence-corrected chi connectivity index (χ4v) is 3.61. The van der Waals surface area contributed by atoms with Gasteiger partial charge in [-0.25, -0.2) is 0 Å². The summed E-state index contributed by atoms with van der Waals surface area (Å²) >= 11 is 0. The lowest BCUT2D eigenvalue weighted by atomic mass is 10.0. The normalized spacial score (nSPS) is 23.0. The standard InChI is InChI=1S/C22H44O4/c1-4-6-7-8-9-10-11-12-13-14-15-16-22(5-2)25-20-21(26-22)19-24-18-17-23-3/h21H,4-20H2,1-3H3. The van der Waals surface area contributed by atoms with E-state index in [2.05, 4.69) is 13.8 Å². The second kappa shape index (κ2) is 15.9. The summed E-state index contributed by atoms with van der Waals surface area (Å²) in [7, 11) is 1.69. The Kier molecular flexibility index (Phi) is 14.6. The van der Waals surface area contributed by atoms with Crippen molar-refractivity contribution >= 4 is 0 Å². The number of unbranched alkanes of at least 4 members (excludes halogenated alkanes) is 10. The van der Waals surface area contributed by atoms with Gasteiger partial charge in [0, 0.05) is 13.5 Å². The summed E-state index contributed by atoms with van der Waals surface area (Å²) in [5.41, 5.74) is 0. The lowest BCUT2D eigenvalue weighted by Crippen LogP contribution is -2.31. The zero-order chi connectivity index (χ0) is 18.9. The largest absolute Gasteiger partial charge is 0.382 e. The van der Waals surface area contributed by atoms with E-state index in [1.807, 2.05) is 0 Å². The fourth-order valence-electron chi connectivity index (χ4n) is 3.61. The first-order chi connectivity index (χ1) is 12.8. The molecular weight excluding hydrogens is 328 g/mol. The van der Waals surface area contributed by atoms with Gasteiger partial charge >= 0.3 is 0 Å². The second-order valence-corrected chi connectivity index (χ2v) is 7.67. The van der Waals surface area contributed by atoms with E-state index in [1.54, 1.807) is 7.11 Å². The summed E-state index contributed by atoms with van der Waals surface area (Å²) in [6, 6.07) is 0. The Labute approximate surface area is 162 Å². The predicted molar refractivity (Wildman–Crippen MR) is 108 cm³/mol. The predicted octanol–water partition coefficient (Wildman–Crippen LogP) is 5.87. The molecule has 0 aromatic rings. The molecule has 4 nitrogen and oxygen atoms in total. The lowest BCUT2D eigenvalue weighted by Gasteiger charge is -2.26. The molecule has 0 N–H and O–H groups in total. The van der Waals surface area contributed by atoms with E-state index in [-0.39, 0.29) is 11.9 Å². The Morgan fingerprint density at radius 3 is 2.04 bits per heavy atom. The maximum atomic E-state index is 6.18. The Bertz CT molecular complexity index is 311. The highest BCUT2D eigenvalue weighted by Gasteiger charge is 2.39. The molecule has 0 bridgehead atoms. The van der Waals surface area contributed by atoms with Crippen molar-refractivity contribution < 1.29 is 18.9 Å². The molecule has 0 amide bonds. The van der Waals surface area contributed by atoms with Gasteiger partial charge in [-0.3, -0.25) is 0 Å². The van der Waals surface area contributed by atoms with Gasteiger partial charge in [0.25, 0.3) is 0 Å². The average Bonchev–Trinajstić information content (AvgIpc) is 3.07. The van der Waals surface area contributed by atoms with Crippen molar-refractivity contribution in [3.8, 4) is 0 Å². The molecule has 2 atom stereocenters. The molecule has 0 radical (unpaired) electrons. The molecule has 4 heteroatoms. The van der Waals surface area contributed by atoms with E-state index in [0.717, 1.165) is 12.8 Å². The van der Waals surface area contributed by atoms with Crippen LogP contribution in [0.2, 0.25) is 0 Å². The first-order valence-electron chi connectivity index (χ1n) is 11.1. The average molecular weight is 373 g/mol. The van der Waals surface area contributed by atoms with Crippen molar-refractivity contribution in [3.63, 3.8) is 0 Å². The van der Waals surface area contributed by atoms with Crippen LogP contribution in [0, 0.1) is 0 Å². The van der Waals surface area contributed by atoms with E-state index < -0.39 is 0 Å². The molecule has 0 aromatic carbocycles. The molecule has 1 rings (SSSR count). The molecule has 1 aliphatic heterocycles. The molecule has 156 valence electrons. The number of rotatable bonds is 18. The van der Waals surface area contributed by atoms with Crippen LogP contribution in [0.5, 0.6) is 0 Å². The maximum absolute atomic E-state index is 6.18. The minimum Gasteiger partial charge on any atom is -0.382 e. The molecule has 0 saturated carbocycles. The van der Waals surface area contributed by atoms with Crippen LogP contribution in [-0.2, 0) is 18.9 Å². The molecule has 0 spiro atoms. The number of methoxy groups -OCH3 is 1. The molecular formula is C22H44O4. The van der Waals surface area contributed by atoms with Crippen molar-refractivity contribution in [2.75, 3.05) is 33.5 Å². The van der Waals surface area contributed by atoms with Gasteiger partial charge in [-0.15, -0.1) is 0 Å². The zero-order valence-corrected chi connectivity index (χ0v) is 17.7. The highest BCUT2D eigenvalue weighted by Crippen LogP contribution is 2.32.